The van der Waals surface area contributed by atoms with Gasteiger partial charge in [0.2, 0.25) is 5.79 Å². The minimum Gasteiger partial charge on any atom is -0.293 e. The van der Waals surface area contributed by atoms with Gasteiger partial charge in [-0.25, -0.2) is 15.5 Å². The molecule has 4 rings (SSSR count). The highest BCUT2D eigenvalue weighted by molar-refractivity contribution is 5.85. The monoisotopic (exact) mass is 369 g/mol. The molecule has 0 radical (unpaired) electrons. The second kappa shape index (κ2) is 8.87. The van der Waals surface area contributed by atoms with Gasteiger partial charge in [0.25, 0.3) is 0 Å². The molecule has 134 valence electrons. The van der Waals surface area contributed by atoms with Crippen LogP contribution in [-0.2, 0) is 5.79 Å². The van der Waals surface area contributed by atoms with Gasteiger partial charge in [-0.3, -0.25) is 14.1 Å². The van der Waals surface area contributed by atoms with Crippen molar-refractivity contribution in [3.63, 3.8) is 0 Å². The van der Waals surface area contributed by atoms with Crippen molar-refractivity contribution < 1.29 is 0 Å². The molecule has 3 heterocycles. The van der Waals surface area contributed by atoms with Crippen molar-refractivity contribution in [3.8, 4) is 0 Å². The van der Waals surface area contributed by atoms with Gasteiger partial charge in [-0.1, -0.05) is 31.2 Å². The first-order chi connectivity index (χ1) is 12.3. The summed E-state index contributed by atoms with van der Waals surface area (Å²) in [6.07, 6.45) is 12.7. The maximum Gasteiger partial charge on any atom is 0.237 e. The van der Waals surface area contributed by atoms with Crippen molar-refractivity contribution in [3.05, 3.63) is 80.0 Å². The lowest BCUT2D eigenvalue weighted by Gasteiger charge is -2.29. The lowest BCUT2D eigenvalue weighted by atomic mass is 10.2. The summed E-state index contributed by atoms with van der Waals surface area (Å²) in [6.45, 7) is 1.97. The molecule has 3 aromatic heterocycles. The quantitative estimate of drug-likeness (QED) is 0.543. The smallest absolute Gasteiger partial charge is 0.237 e. The van der Waals surface area contributed by atoms with Crippen LogP contribution in [0.4, 0.5) is 0 Å². The fourth-order valence-electron chi connectivity index (χ4n) is 2.65. The average molecular weight is 370 g/mol. The molecule has 0 aliphatic heterocycles. The Morgan fingerprint density at radius 3 is 2.08 bits per heavy atom. The van der Waals surface area contributed by atoms with Crippen LogP contribution in [0.1, 0.15) is 13.3 Å². The summed E-state index contributed by atoms with van der Waals surface area (Å²) in [5.74, 6) is -0.771. The van der Waals surface area contributed by atoms with Crippen LogP contribution in [0.3, 0.4) is 0 Å². The third kappa shape index (κ3) is 3.78. The summed E-state index contributed by atoms with van der Waals surface area (Å²) in [5.41, 5.74) is 8.45. The molecule has 0 saturated heterocycles. The van der Waals surface area contributed by atoms with E-state index in [9.17, 15) is 0 Å². The van der Waals surface area contributed by atoms with E-state index in [2.05, 4.69) is 32.2 Å². The van der Waals surface area contributed by atoms with Gasteiger partial charge in [0, 0.05) is 42.8 Å². The molecule has 1 aromatic carbocycles. The molecule has 1 N–H and O–H groups in total. The number of benzene rings is 1. The van der Waals surface area contributed by atoms with Crippen LogP contribution in [0.2, 0.25) is 0 Å². The Morgan fingerprint density at radius 1 is 0.962 bits per heavy atom. The van der Waals surface area contributed by atoms with E-state index in [0.29, 0.717) is 6.42 Å². The number of nitrogens with one attached hydrogen (secondary N) is 1. The van der Waals surface area contributed by atoms with Gasteiger partial charge < -0.3 is 0 Å². The number of hydrogen-bond acceptors (Lipinski definition) is 5. The van der Waals surface area contributed by atoms with E-state index in [1.165, 1.54) is 5.39 Å². The molecule has 0 bridgehead atoms. The van der Waals surface area contributed by atoms with Gasteiger partial charge in [-0.05, 0) is 12.1 Å². The topological polar surface area (TPSA) is 84.7 Å². The zero-order valence-corrected chi connectivity index (χ0v) is 15.1. The minimum absolute atomic E-state index is 0. The fourth-order valence-corrected chi connectivity index (χ4v) is 2.65. The Labute approximate surface area is 157 Å². The maximum absolute atomic E-state index is 7.39. The van der Waals surface area contributed by atoms with Crippen molar-refractivity contribution >= 4 is 23.3 Å². The van der Waals surface area contributed by atoms with E-state index in [1.54, 1.807) is 46.6 Å². The third-order valence-corrected chi connectivity index (χ3v) is 4.00. The van der Waals surface area contributed by atoms with Crippen molar-refractivity contribution in [2.75, 3.05) is 0 Å². The summed E-state index contributed by atoms with van der Waals surface area (Å²) in [6, 6.07) is 12.1. The molecule has 0 saturated carbocycles. The van der Waals surface area contributed by atoms with E-state index in [4.69, 9.17) is 5.53 Å². The standard InChI is InChI=1S/C9H12N6.C9H7N.ClH/c1-2-9(13-10,14-5-3-11-7-14)15-6-4-12-8-15;1-2-6-9-8(4-1)5-3-7-10-9;/h3-8,10H,2H2,1H3;1-7H;1H. The normalized spacial score (nSPS) is 10.5. The number of pyridine rings is 1. The summed E-state index contributed by atoms with van der Waals surface area (Å²) in [5, 5.41) is 4.92. The summed E-state index contributed by atoms with van der Waals surface area (Å²) >= 11 is 0. The highest BCUT2D eigenvalue weighted by Crippen LogP contribution is 2.24. The highest BCUT2D eigenvalue weighted by atomic mass is 35.5. The Hall–Kier alpha value is -3.06. The second-order valence-corrected chi connectivity index (χ2v) is 5.38. The molecule has 0 unspecified atom stereocenters. The zero-order chi connectivity index (χ0) is 17.5. The fraction of sp³-hybridized carbons (Fsp3) is 0.167. The van der Waals surface area contributed by atoms with Crippen LogP contribution in [0, 0.1) is 5.53 Å². The molecule has 0 amide bonds. The van der Waals surface area contributed by atoms with Crippen molar-refractivity contribution in [2.24, 2.45) is 5.11 Å². The van der Waals surface area contributed by atoms with Gasteiger partial charge in [-0.2, -0.15) is 0 Å². The Bertz CT molecular complexity index is 820. The number of para-hydroxylation sites is 1. The molecular formula is C18H20ClN7. The minimum atomic E-state index is -0.771. The van der Waals surface area contributed by atoms with E-state index < -0.39 is 5.79 Å². The van der Waals surface area contributed by atoms with Crippen molar-refractivity contribution in [1.29, 1.82) is 5.53 Å². The molecule has 4 aromatic rings. The summed E-state index contributed by atoms with van der Waals surface area (Å²) in [7, 11) is 0. The number of aromatic nitrogens is 5. The first-order valence-electron chi connectivity index (χ1n) is 7.95. The van der Waals surface area contributed by atoms with Crippen LogP contribution in [-0.4, -0.2) is 24.1 Å². The highest BCUT2D eigenvalue weighted by Gasteiger charge is 2.30. The van der Waals surface area contributed by atoms with Gasteiger partial charge in [-0.15, -0.1) is 17.5 Å². The maximum atomic E-state index is 7.39. The van der Waals surface area contributed by atoms with Gasteiger partial charge in [0.1, 0.15) is 0 Å². The molecule has 0 spiro atoms. The Morgan fingerprint density at radius 2 is 1.58 bits per heavy atom. The van der Waals surface area contributed by atoms with E-state index in [0.717, 1.165) is 5.52 Å². The van der Waals surface area contributed by atoms with E-state index in [-0.39, 0.29) is 12.4 Å². The largest absolute Gasteiger partial charge is 0.293 e. The second-order valence-electron chi connectivity index (χ2n) is 5.38. The predicted molar refractivity (Wildman–Crippen MR) is 102 cm³/mol. The average Bonchev–Trinajstić information content (AvgIpc) is 3.39. The van der Waals surface area contributed by atoms with Crippen LogP contribution < -0.4 is 0 Å². The van der Waals surface area contributed by atoms with Crippen LogP contribution in [0.15, 0.2) is 85.2 Å². The molecule has 26 heavy (non-hydrogen) atoms. The van der Waals surface area contributed by atoms with Gasteiger partial charge >= 0.3 is 0 Å². The Balaban J connectivity index is 0.000000193. The number of halogens is 1. The van der Waals surface area contributed by atoms with Crippen LogP contribution >= 0.6 is 12.4 Å². The lowest BCUT2D eigenvalue weighted by molar-refractivity contribution is 0.211. The lowest BCUT2D eigenvalue weighted by Crippen LogP contribution is -2.36. The van der Waals surface area contributed by atoms with Crippen molar-refractivity contribution in [1.82, 2.24) is 24.1 Å². The molecule has 0 atom stereocenters. The molecule has 0 aliphatic rings. The van der Waals surface area contributed by atoms with Gasteiger partial charge in [0.15, 0.2) is 0 Å². The Kier molecular flexibility index (Phi) is 6.57. The molecule has 7 nitrogen and oxygen atoms in total. The third-order valence-electron chi connectivity index (χ3n) is 4.00. The summed E-state index contributed by atoms with van der Waals surface area (Å²) < 4.78 is 3.59. The zero-order valence-electron chi connectivity index (χ0n) is 14.3. The molecule has 0 fully saturated rings. The molecule has 8 heteroatoms. The van der Waals surface area contributed by atoms with Gasteiger partial charge in [0.05, 0.1) is 18.2 Å². The van der Waals surface area contributed by atoms with Crippen LogP contribution in [0.5, 0.6) is 0 Å². The van der Waals surface area contributed by atoms with E-state index >= 15 is 0 Å². The first-order valence-corrected chi connectivity index (χ1v) is 7.95. The van der Waals surface area contributed by atoms with Crippen LogP contribution in [0.25, 0.3) is 10.9 Å². The molecular weight excluding hydrogens is 350 g/mol. The number of nitrogens with zero attached hydrogens (tertiary/aromatic N) is 6. The number of rotatable bonds is 4. The van der Waals surface area contributed by atoms with Crippen molar-refractivity contribution in [2.45, 2.75) is 19.1 Å². The summed E-state index contributed by atoms with van der Waals surface area (Å²) in [4.78, 5) is 12.1. The first kappa shape index (κ1) is 19.3. The van der Waals surface area contributed by atoms with E-state index in [1.807, 2.05) is 37.4 Å². The number of fused-ring (bicyclic) bond motifs is 1. The number of imidazole rings is 2. The predicted octanol–water partition coefficient (Wildman–Crippen LogP) is 4.34. The molecule has 0 aliphatic carbocycles. The SMILES string of the molecule is CCC(N=N)(n1ccnc1)n1ccnc1.Cl.c1ccc2ncccc2c1. The number of hydrogen-bond donors (Lipinski definition) is 1.